The third kappa shape index (κ3) is 5.14. The van der Waals surface area contributed by atoms with E-state index in [1.807, 2.05) is 41.0 Å². The zero-order valence-electron chi connectivity index (χ0n) is 17.3. The first-order chi connectivity index (χ1) is 14.3. The highest BCUT2D eigenvalue weighted by molar-refractivity contribution is 5.94. The Kier molecular flexibility index (Phi) is 7.02. The average molecular weight is 420 g/mol. The van der Waals surface area contributed by atoms with Crippen LogP contribution in [-0.4, -0.2) is 37.0 Å². The molecule has 1 fully saturated rings. The van der Waals surface area contributed by atoms with E-state index in [-0.39, 0.29) is 24.1 Å². The number of carbonyl (C=O) groups is 1. The van der Waals surface area contributed by atoms with Crippen LogP contribution in [0.25, 0.3) is 0 Å². The highest BCUT2D eigenvalue weighted by Crippen LogP contribution is 2.33. The number of piperidine rings is 1. The Hall–Kier alpha value is -2.54. The molecule has 1 heterocycles. The summed E-state index contributed by atoms with van der Waals surface area (Å²) in [6.45, 7) is 3.35. The third-order valence-electron chi connectivity index (χ3n) is 5.54. The molecule has 1 saturated heterocycles. The molecule has 2 aromatic carbocycles. The van der Waals surface area contributed by atoms with Crippen molar-refractivity contribution in [3.8, 4) is 5.75 Å². The predicted octanol–water partition coefficient (Wildman–Crippen LogP) is 5.12. The van der Waals surface area contributed by atoms with Crippen molar-refractivity contribution < 1.29 is 22.7 Å². The molecular formula is C23H27F3N2O2. The van der Waals surface area contributed by atoms with E-state index in [1.54, 1.807) is 13.2 Å². The molecule has 0 aliphatic carbocycles. The van der Waals surface area contributed by atoms with Crippen LogP contribution in [0.1, 0.15) is 37.3 Å². The smallest absolute Gasteiger partial charge is 0.416 e. The molecule has 1 aliphatic rings. The minimum absolute atomic E-state index is 0.0127. The predicted molar refractivity (Wildman–Crippen MR) is 111 cm³/mol. The molecule has 0 N–H and O–H groups in total. The lowest BCUT2D eigenvalue weighted by molar-refractivity contribution is -0.138. The van der Waals surface area contributed by atoms with E-state index >= 15 is 0 Å². The van der Waals surface area contributed by atoms with Crippen molar-refractivity contribution in [1.29, 1.82) is 0 Å². The van der Waals surface area contributed by atoms with Crippen LogP contribution in [0.5, 0.6) is 5.75 Å². The van der Waals surface area contributed by atoms with Crippen LogP contribution in [-0.2, 0) is 17.5 Å². The normalized spacial score (nSPS) is 15.8. The van der Waals surface area contributed by atoms with Crippen molar-refractivity contribution in [2.75, 3.05) is 25.1 Å². The van der Waals surface area contributed by atoms with Crippen LogP contribution >= 0.6 is 0 Å². The van der Waals surface area contributed by atoms with Crippen molar-refractivity contribution in [2.24, 2.45) is 0 Å². The van der Waals surface area contributed by atoms with Gasteiger partial charge in [-0.15, -0.1) is 0 Å². The van der Waals surface area contributed by atoms with Gasteiger partial charge in [-0.25, -0.2) is 0 Å². The fraction of sp³-hybridized carbons (Fsp3) is 0.435. The maximum absolute atomic E-state index is 13.3. The fourth-order valence-electron chi connectivity index (χ4n) is 4.00. The van der Waals surface area contributed by atoms with Crippen LogP contribution < -0.4 is 9.64 Å². The van der Waals surface area contributed by atoms with Crippen molar-refractivity contribution in [1.82, 2.24) is 4.90 Å². The summed E-state index contributed by atoms with van der Waals surface area (Å²) in [4.78, 5) is 16.5. The molecule has 1 aliphatic heterocycles. The molecule has 0 aromatic heterocycles. The van der Waals surface area contributed by atoms with Gasteiger partial charge in [-0.1, -0.05) is 31.2 Å². The first-order valence-electron chi connectivity index (χ1n) is 10.2. The zero-order chi connectivity index (χ0) is 21.7. The molecule has 4 nitrogen and oxygen atoms in total. The van der Waals surface area contributed by atoms with E-state index in [9.17, 15) is 18.0 Å². The highest BCUT2D eigenvalue weighted by Gasteiger charge is 2.34. The third-order valence-corrected chi connectivity index (χ3v) is 5.54. The number of hydrogen-bond acceptors (Lipinski definition) is 3. The monoisotopic (exact) mass is 420 g/mol. The molecule has 1 amide bonds. The number of carbonyl (C=O) groups excluding carboxylic acids is 1. The number of rotatable bonds is 6. The first-order valence-corrected chi connectivity index (χ1v) is 10.2. The topological polar surface area (TPSA) is 32.8 Å². The van der Waals surface area contributed by atoms with Gasteiger partial charge >= 0.3 is 6.18 Å². The minimum atomic E-state index is -4.36. The van der Waals surface area contributed by atoms with Gasteiger partial charge in [0.25, 0.3) is 0 Å². The molecule has 0 saturated carbocycles. The van der Waals surface area contributed by atoms with Gasteiger partial charge in [0.05, 0.1) is 12.7 Å². The van der Waals surface area contributed by atoms with Gasteiger partial charge in [0.15, 0.2) is 0 Å². The quantitative estimate of drug-likeness (QED) is 0.650. The number of ether oxygens (including phenoxy) is 1. The second kappa shape index (κ2) is 9.51. The maximum Gasteiger partial charge on any atom is 0.416 e. The van der Waals surface area contributed by atoms with Gasteiger partial charge in [-0.3, -0.25) is 9.69 Å². The van der Waals surface area contributed by atoms with Gasteiger partial charge in [0, 0.05) is 43.9 Å². The summed E-state index contributed by atoms with van der Waals surface area (Å²) in [7, 11) is 1.59. The van der Waals surface area contributed by atoms with Gasteiger partial charge < -0.3 is 9.64 Å². The van der Waals surface area contributed by atoms with Gasteiger partial charge in [-0.05, 0) is 36.6 Å². The molecule has 0 spiro atoms. The Morgan fingerprint density at radius 1 is 1.13 bits per heavy atom. The summed E-state index contributed by atoms with van der Waals surface area (Å²) in [6.07, 6.45) is -2.56. The second-order valence-electron chi connectivity index (χ2n) is 7.48. The standard InChI is InChI=1S/C23H27F3N2O2/c1-3-22(29)28(19-8-6-9-20(15-19)30-2)18-11-13-27(14-12-18)16-17-7-4-5-10-21(17)23(24,25)26/h4-10,15,18H,3,11-14,16H2,1-2H3. The zero-order valence-corrected chi connectivity index (χ0v) is 17.3. The molecule has 30 heavy (non-hydrogen) atoms. The van der Waals surface area contributed by atoms with E-state index in [2.05, 4.69) is 0 Å². The lowest BCUT2D eigenvalue weighted by Gasteiger charge is -2.39. The molecular weight excluding hydrogens is 393 g/mol. The molecule has 3 rings (SSSR count). The van der Waals surface area contributed by atoms with Gasteiger partial charge in [0.1, 0.15) is 5.75 Å². The van der Waals surface area contributed by atoms with Crippen LogP contribution in [0.15, 0.2) is 48.5 Å². The fourth-order valence-corrected chi connectivity index (χ4v) is 4.00. The second-order valence-corrected chi connectivity index (χ2v) is 7.48. The molecule has 0 bridgehead atoms. The number of nitrogens with zero attached hydrogens (tertiary/aromatic N) is 2. The SMILES string of the molecule is CCC(=O)N(c1cccc(OC)c1)C1CCN(Cc2ccccc2C(F)(F)F)CC1. The van der Waals surface area contributed by atoms with Crippen molar-refractivity contribution >= 4 is 11.6 Å². The molecule has 0 atom stereocenters. The average Bonchev–Trinajstić information content (AvgIpc) is 2.75. The maximum atomic E-state index is 13.3. The van der Waals surface area contributed by atoms with Crippen LogP contribution in [0.4, 0.5) is 18.9 Å². The van der Waals surface area contributed by atoms with Gasteiger partial charge in [0.2, 0.25) is 5.91 Å². The number of methoxy groups -OCH3 is 1. The molecule has 0 radical (unpaired) electrons. The Balaban J connectivity index is 1.71. The largest absolute Gasteiger partial charge is 0.497 e. The lowest BCUT2D eigenvalue weighted by Crippen LogP contribution is -2.47. The number of alkyl halides is 3. The van der Waals surface area contributed by atoms with Crippen LogP contribution in [0.3, 0.4) is 0 Å². The van der Waals surface area contributed by atoms with E-state index < -0.39 is 11.7 Å². The number of benzene rings is 2. The molecule has 2 aromatic rings. The summed E-state index contributed by atoms with van der Waals surface area (Å²) >= 11 is 0. The first kappa shape index (κ1) is 22.2. The van der Waals surface area contributed by atoms with Crippen LogP contribution in [0, 0.1) is 0 Å². The van der Waals surface area contributed by atoms with E-state index in [1.165, 1.54) is 12.1 Å². The number of hydrogen-bond donors (Lipinski definition) is 0. The minimum Gasteiger partial charge on any atom is -0.497 e. The summed E-state index contributed by atoms with van der Waals surface area (Å²) in [6, 6.07) is 13.2. The summed E-state index contributed by atoms with van der Waals surface area (Å²) < 4.78 is 45.1. The van der Waals surface area contributed by atoms with Crippen molar-refractivity contribution in [2.45, 2.75) is 44.9 Å². The summed E-state index contributed by atoms with van der Waals surface area (Å²) in [5.74, 6) is 0.715. The van der Waals surface area contributed by atoms with Crippen LogP contribution in [0.2, 0.25) is 0 Å². The summed E-state index contributed by atoms with van der Waals surface area (Å²) in [5, 5.41) is 0. The van der Waals surface area contributed by atoms with Crippen molar-refractivity contribution in [3.63, 3.8) is 0 Å². The van der Waals surface area contributed by atoms with Gasteiger partial charge in [-0.2, -0.15) is 13.2 Å². The van der Waals surface area contributed by atoms with Crippen molar-refractivity contribution in [3.05, 3.63) is 59.7 Å². The number of amides is 1. The molecule has 7 heteroatoms. The van der Waals surface area contributed by atoms with E-state index in [4.69, 9.17) is 4.74 Å². The summed E-state index contributed by atoms with van der Waals surface area (Å²) in [5.41, 5.74) is 0.506. The Bertz CT molecular complexity index is 862. The van der Waals surface area contributed by atoms with E-state index in [0.29, 0.717) is 38.1 Å². The number of anilines is 1. The Morgan fingerprint density at radius 2 is 1.83 bits per heavy atom. The van der Waals surface area contributed by atoms with E-state index in [0.717, 1.165) is 11.8 Å². The lowest BCUT2D eigenvalue weighted by atomic mass is 10.00. The number of halogens is 3. The highest BCUT2D eigenvalue weighted by atomic mass is 19.4. The molecule has 162 valence electrons. The Labute approximate surface area is 175 Å². The number of likely N-dealkylation sites (tertiary alicyclic amines) is 1. The Morgan fingerprint density at radius 3 is 2.47 bits per heavy atom. The molecule has 0 unspecified atom stereocenters.